The van der Waals surface area contributed by atoms with Gasteiger partial charge in [-0.2, -0.15) is 0 Å². The molecular weight excluding hydrogens is 140 g/mol. The minimum Gasteiger partial charge on any atom is -0.390 e. The van der Waals surface area contributed by atoms with E-state index in [4.69, 9.17) is 5.73 Å². The third-order valence-corrected chi connectivity index (χ3v) is 2.40. The summed E-state index contributed by atoms with van der Waals surface area (Å²) < 4.78 is 0. The summed E-state index contributed by atoms with van der Waals surface area (Å²) in [6, 6.07) is 0.516. The van der Waals surface area contributed by atoms with Gasteiger partial charge in [-0.15, -0.1) is 0 Å². The lowest BCUT2D eigenvalue weighted by molar-refractivity contribution is 0.0391. The second kappa shape index (κ2) is 3.52. The Bertz CT molecular complexity index is 127. The van der Waals surface area contributed by atoms with Crippen LogP contribution in [0.3, 0.4) is 0 Å². The maximum Gasteiger partial charge on any atom is 0.0818 e. The van der Waals surface area contributed by atoms with Gasteiger partial charge in [0.2, 0.25) is 0 Å². The van der Waals surface area contributed by atoms with Crippen LogP contribution in [0.1, 0.15) is 20.3 Å². The number of nitrogens with zero attached hydrogens (tertiary/aromatic N) is 1. The highest BCUT2D eigenvalue weighted by Gasteiger charge is 2.25. The third kappa shape index (κ3) is 2.15. The van der Waals surface area contributed by atoms with Crippen molar-refractivity contribution in [1.29, 1.82) is 0 Å². The molecule has 0 saturated carbocycles. The molecule has 0 radical (unpaired) electrons. The van der Waals surface area contributed by atoms with Gasteiger partial charge in [0.05, 0.1) is 6.10 Å². The largest absolute Gasteiger partial charge is 0.390 e. The normalized spacial score (nSPS) is 34.6. The van der Waals surface area contributed by atoms with E-state index >= 15 is 0 Å². The lowest BCUT2D eigenvalue weighted by atomic mass is 10.0. The van der Waals surface area contributed by atoms with Crippen molar-refractivity contribution in [3.63, 3.8) is 0 Å². The Morgan fingerprint density at radius 2 is 2.18 bits per heavy atom. The van der Waals surface area contributed by atoms with E-state index < -0.39 is 0 Å². The van der Waals surface area contributed by atoms with Gasteiger partial charge in [-0.1, -0.05) is 0 Å². The first-order valence-corrected chi connectivity index (χ1v) is 4.29. The Morgan fingerprint density at radius 3 is 2.64 bits per heavy atom. The first-order valence-electron chi connectivity index (χ1n) is 4.29. The van der Waals surface area contributed by atoms with Gasteiger partial charge in [-0.25, -0.2) is 0 Å². The number of aliphatic hydroxyl groups excluding tert-OH is 1. The first kappa shape index (κ1) is 8.97. The summed E-state index contributed by atoms with van der Waals surface area (Å²) in [7, 11) is 0. The van der Waals surface area contributed by atoms with Crippen molar-refractivity contribution in [2.24, 2.45) is 5.73 Å². The number of hydrogen-bond donors (Lipinski definition) is 2. The summed E-state index contributed by atoms with van der Waals surface area (Å²) >= 11 is 0. The number of hydrogen-bond acceptors (Lipinski definition) is 3. The highest BCUT2D eigenvalue weighted by atomic mass is 16.3. The average Bonchev–Trinajstić information content (AvgIpc) is 1.94. The van der Waals surface area contributed by atoms with Crippen LogP contribution in [0.5, 0.6) is 0 Å². The van der Waals surface area contributed by atoms with Crippen molar-refractivity contribution in [1.82, 2.24) is 4.90 Å². The minimum absolute atomic E-state index is 0.00926. The molecule has 0 spiro atoms. The Kier molecular flexibility index (Phi) is 2.87. The van der Waals surface area contributed by atoms with E-state index in [0.717, 1.165) is 19.5 Å². The molecule has 2 atom stereocenters. The minimum atomic E-state index is -0.328. The van der Waals surface area contributed by atoms with Crippen LogP contribution in [0.15, 0.2) is 0 Å². The van der Waals surface area contributed by atoms with Gasteiger partial charge in [-0.3, -0.25) is 4.90 Å². The third-order valence-electron chi connectivity index (χ3n) is 2.40. The quantitative estimate of drug-likeness (QED) is 0.555. The molecule has 3 nitrogen and oxygen atoms in total. The maximum absolute atomic E-state index is 9.43. The lowest BCUT2D eigenvalue weighted by Crippen LogP contribution is -2.52. The van der Waals surface area contributed by atoms with Gasteiger partial charge in [0.1, 0.15) is 0 Å². The number of aliphatic hydroxyl groups is 1. The molecule has 1 rings (SSSR count). The van der Waals surface area contributed by atoms with Crippen LogP contribution in [-0.2, 0) is 0 Å². The smallest absolute Gasteiger partial charge is 0.0818 e. The molecule has 0 unspecified atom stereocenters. The van der Waals surface area contributed by atoms with Crippen LogP contribution in [0.25, 0.3) is 0 Å². The van der Waals surface area contributed by atoms with Crippen LogP contribution < -0.4 is 5.73 Å². The molecule has 1 aliphatic heterocycles. The monoisotopic (exact) mass is 158 g/mol. The van der Waals surface area contributed by atoms with Gasteiger partial charge in [-0.05, 0) is 20.3 Å². The van der Waals surface area contributed by atoms with Crippen molar-refractivity contribution in [2.75, 3.05) is 13.1 Å². The van der Waals surface area contributed by atoms with Gasteiger partial charge in [0, 0.05) is 25.2 Å². The molecule has 11 heavy (non-hydrogen) atoms. The molecule has 0 aliphatic carbocycles. The van der Waals surface area contributed by atoms with Gasteiger partial charge < -0.3 is 10.8 Å². The number of piperidine rings is 1. The summed E-state index contributed by atoms with van der Waals surface area (Å²) in [5.74, 6) is 0. The summed E-state index contributed by atoms with van der Waals surface area (Å²) in [5, 5.41) is 9.43. The molecule has 0 aromatic rings. The molecule has 0 aromatic heterocycles. The Balaban J connectivity index is 2.40. The van der Waals surface area contributed by atoms with Crippen LogP contribution in [0, 0.1) is 0 Å². The van der Waals surface area contributed by atoms with Crippen molar-refractivity contribution < 1.29 is 5.11 Å². The molecule has 3 heteroatoms. The predicted molar refractivity (Wildman–Crippen MR) is 45.3 cm³/mol. The number of rotatable bonds is 1. The number of likely N-dealkylation sites (tertiary alicyclic amines) is 1. The van der Waals surface area contributed by atoms with E-state index in [9.17, 15) is 5.11 Å². The molecule has 0 aromatic carbocycles. The Labute approximate surface area is 68.2 Å². The van der Waals surface area contributed by atoms with E-state index in [1.807, 2.05) is 0 Å². The van der Waals surface area contributed by atoms with E-state index in [2.05, 4.69) is 18.7 Å². The van der Waals surface area contributed by atoms with Crippen molar-refractivity contribution in [3.05, 3.63) is 0 Å². The van der Waals surface area contributed by atoms with E-state index in [1.165, 1.54) is 0 Å². The van der Waals surface area contributed by atoms with Gasteiger partial charge >= 0.3 is 0 Å². The summed E-state index contributed by atoms with van der Waals surface area (Å²) in [6.07, 6.45) is 0.588. The highest BCUT2D eigenvalue weighted by molar-refractivity contribution is 4.83. The highest BCUT2D eigenvalue weighted by Crippen LogP contribution is 2.11. The molecule has 1 aliphatic rings. The van der Waals surface area contributed by atoms with Gasteiger partial charge in [0.15, 0.2) is 0 Å². The fraction of sp³-hybridized carbons (Fsp3) is 1.00. The molecule has 66 valence electrons. The molecule has 1 saturated heterocycles. The Hall–Kier alpha value is -0.120. The fourth-order valence-electron chi connectivity index (χ4n) is 1.44. The molecular formula is C8H18N2O. The second-order valence-electron chi connectivity index (χ2n) is 3.61. The predicted octanol–water partition coefficient (Wildman–Crippen LogP) is -0.211. The van der Waals surface area contributed by atoms with Gasteiger partial charge in [0.25, 0.3) is 0 Å². The van der Waals surface area contributed by atoms with Crippen molar-refractivity contribution in [2.45, 2.75) is 38.5 Å². The van der Waals surface area contributed by atoms with E-state index in [0.29, 0.717) is 6.04 Å². The molecule has 1 heterocycles. The molecule has 1 fully saturated rings. The van der Waals surface area contributed by atoms with Crippen molar-refractivity contribution >= 4 is 0 Å². The second-order valence-corrected chi connectivity index (χ2v) is 3.61. The fourth-order valence-corrected chi connectivity index (χ4v) is 1.44. The van der Waals surface area contributed by atoms with E-state index in [-0.39, 0.29) is 12.1 Å². The zero-order chi connectivity index (χ0) is 8.43. The van der Waals surface area contributed by atoms with Crippen LogP contribution in [-0.4, -0.2) is 41.3 Å². The van der Waals surface area contributed by atoms with E-state index in [1.54, 1.807) is 0 Å². The van der Waals surface area contributed by atoms with Crippen LogP contribution in [0.4, 0.5) is 0 Å². The number of β-amino-alcohol motifs (C(OH)–C–C–N with tert-alkyl or cyclic N) is 1. The van der Waals surface area contributed by atoms with Crippen LogP contribution >= 0.6 is 0 Å². The molecule has 3 N–H and O–H groups in total. The van der Waals surface area contributed by atoms with Crippen LogP contribution in [0.2, 0.25) is 0 Å². The first-order chi connectivity index (χ1) is 5.11. The zero-order valence-corrected chi connectivity index (χ0v) is 7.33. The Morgan fingerprint density at radius 1 is 1.55 bits per heavy atom. The SMILES string of the molecule is CC(C)N1CC[C@@H](N)[C@@H](O)C1. The maximum atomic E-state index is 9.43. The number of nitrogens with two attached hydrogens (primary N) is 1. The topological polar surface area (TPSA) is 49.5 Å². The average molecular weight is 158 g/mol. The molecule has 0 amide bonds. The zero-order valence-electron chi connectivity index (χ0n) is 7.33. The van der Waals surface area contributed by atoms with Crippen molar-refractivity contribution in [3.8, 4) is 0 Å². The standard InChI is InChI=1S/C8H18N2O/c1-6(2)10-4-3-7(9)8(11)5-10/h6-8,11H,3-5,9H2,1-2H3/t7-,8+/m1/s1. The summed E-state index contributed by atoms with van der Waals surface area (Å²) in [5.41, 5.74) is 5.66. The summed E-state index contributed by atoms with van der Waals surface area (Å²) in [6.45, 7) is 6.04. The summed E-state index contributed by atoms with van der Waals surface area (Å²) in [4.78, 5) is 2.26. The molecule has 0 bridgehead atoms. The lowest BCUT2D eigenvalue weighted by Gasteiger charge is -2.36.